The molecule has 0 rings (SSSR count). The third-order valence-corrected chi connectivity index (χ3v) is 20.9. The van der Waals surface area contributed by atoms with Crippen molar-refractivity contribution in [2.75, 3.05) is 85.1 Å². The predicted molar refractivity (Wildman–Crippen MR) is 456 cm³/mol. The van der Waals surface area contributed by atoms with Gasteiger partial charge >= 0.3 is 0 Å². The Morgan fingerprint density at radius 2 is 0.267 bits per heavy atom. The summed E-state index contributed by atoms with van der Waals surface area (Å²) < 4.78 is 103. The minimum absolute atomic E-state index is 0.872. The molecule has 0 unspecified atom stereocenters. The molecule has 0 amide bonds. The molecular weight excluding hydrogens is 1380 g/mol. The summed E-state index contributed by atoms with van der Waals surface area (Å²) in [4.78, 5) is 0. The van der Waals surface area contributed by atoms with Crippen molar-refractivity contribution in [3.63, 3.8) is 0 Å². The molecule has 0 fully saturated rings. The fourth-order valence-electron chi connectivity index (χ4n) is 14.4. The Bertz CT molecular complexity index is 1670. The number of nitrogens with two attached hydrogens (primary N) is 1. The van der Waals surface area contributed by atoms with Crippen LogP contribution >= 0.6 is 0 Å². The third-order valence-electron chi connectivity index (χ3n) is 20.9. The Hall–Kier alpha value is -0.550. The molecule has 0 aromatic carbocycles. The lowest BCUT2D eigenvalue weighted by Crippen LogP contribution is -2.50. The molecule has 644 valence electrons. The molecule has 0 atom stereocenters. The van der Waals surface area contributed by atoms with Gasteiger partial charge in [0.2, 0.25) is 31.2 Å². The van der Waals surface area contributed by atoms with Gasteiger partial charge in [0.1, 0.15) is 0 Å². The number of hydrogen-bond acceptors (Lipinski definition) is 10. The lowest BCUT2D eigenvalue weighted by Gasteiger charge is -2.40. The van der Waals surface area contributed by atoms with E-state index < -0.39 is 31.2 Å². The number of rotatable bonds is 72. The van der Waals surface area contributed by atoms with E-state index in [1.165, 1.54) is 477 Å². The highest BCUT2D eigenvalue weighted by molar-refractivity contribution is 7.80. The molecule has 0 bridgehead atoms. The first-order valence-electron chi connectivity index (χ1n) is 45.4. The van der Waals surface area contributed by atoms with Crippen molar-refractivity contribution >= 4 is 31.2 Å². The molecule has 0 heterocycles. The molecule has 0 spiro atoms. The molecule has 105 heavy (non-hydrogen) atoms. The first kappa shape index (κ1) is 118. The molecule has 16 nitrogen and oxygen atoms in total. The minimum atomic E-state index is -4.92. The summed E-state index contributed by atoms with van der Waals surface area (Å²) >= 11 is 0. The number of nitrogens with zero attached hydrogens (tertiary/aromatic N) is 3. The van der Waals surface area contributed by atoms with Crippen LogP contribution in [0.5, 0.6) is 0 Å². The third kappa shape index (κ3) is 117. The summed E-state index contributed by atoms with van der Waals surface area (Å²) in [7, 11) is -14.7. The molecule has 0 aliphatic carbocycles. The minimum Gasteiger partial charge on any atom is -0.726 e. The van der Waals surface area contributed by atoms with E-state index in [-0.39, 0.29) is 0 Å². The summed E-state index contributed by atoms with van der Waals surface area (Å²) in [6.45, 7) is 48.6. The summed E-state index contributed by atoms with van der Waals surface area (Å²) in [5.41, 5.74) is 5.45. The molecule has 0 aromatic heterocycles. The van der Waals surface area contributed by atoms with E-state index in [0.717, 1.165) is 6.54 Å². The molecule has 5 N–H and O–H groups in total. The average molecular weight is 1570 g/mol. The van der Waals surface area contributed by atoms with Crippen LogP contribution in [0.1, 0.15) is 475 Å². The molecular formula is C86H190N4O12S3. The van der Waals surface area contributed by atoms with Gasteiger partial charge in [0, 0.05) is 0 Å². The van der Waals surface area contributed by atoms with Crippen LogP contribution in [-0.4, -0.2) is 151 Å². The lowest BCUT2D eigenvalue weighted by atomic mass is 10.0. The Kier molecular flexibility index (Phi) is 103. The number of quaternary nitrogens is 3. The highest BCUT2D eigenvalue weighted by atomic mass is 32.3. The molecule has 0 aromatic rings. The van der Waals surface area contributed by atoms with Crippen molar-refractivity contribution in [2.24, 2.45) is 5.73 Å². The maximum absolute atomic E-state index is 8.63. The fraction of sp³-hybridized carbons (Fsp3) is 1.00. The van der Waals surface area contributed by atoms with E-state index in [1.54, 1.807) is 0 Å². The Morgan fingerprint density at radius 1 is 0.181 bits per heavy atom. The van der Waals surface area contributed by atoms with E-state index in [1.807, 2.05) is 0 Å². The van der Waals surface area contributed by atoms with Crippen LogP contribution in [-0.2, 0) is 31.2 Å². The van der Waals surface area contributed by atoms with Crippen molar-refractivity contribution < 1.29 is 66.0 Å². The normalized spacial score (nSPS) is 11.8. The van der Waals surface area contributed by atoms with Crippen molar-refractivity contribution in [1.82, 2.24) is 0 Å². The van der Waals surface area contributed by atoms with Gasteiger partial charge < -0.3 is 32.8 Å². The second-order valence-electron chi connectivity index (χ2n) is 31.4. The van der Waals surface area contributed by atoms with Crippen molar-refractivity contribution in [2.45, 2.75) is 475 Å². The molecule has 0 saturated carbocycles. The summed E-state index contributed by atoms with van der Waals surface area (Å²) in [5.74, 6) is 0. The fourth-order valence-corrected chi connectivity index (χ4v) is 14.4. The first-order chi connectivity index (χ1) is 50.1. The topological polar surface area (TPSA) is 258 Å². The average Bonchev–Trinajstić information content (AvgIpc) is 0.889. The van der Waals surface area contributed by atoms with Crippen LogP contribution in [0.3, 0.4) is 0 Å². The Morgan fingerprint density at radius 3 is 0.381 bits per heavy atom. The van der Waals surface area contributed by atoms with Gasteiger partial charge in [0.05, 0.1) is 78.5 Å². The van der Waals surface area contributed by atoms with Gasteiger partial charge in [-0.25, -0.2) is 25.3 Å². The van der Waals surface area contributed by atoms with Gasteiger partial charge in [-0.2, -0.15) is 0 Å². The SMILES string of the molecule is CCCCCCCCCCCCCCN.CCCCCCCC[N+](CCCCCCCC)(CCCCCCCC)CCCCCCCC.CCCCCC[N+](CCCCCC)(CCCCCC)CCCCCC.CCCC[N+](CCCC)(CCCC)CCCC.O=S(=O)([O-])O.O=S(=O)([O-])O.O=S(=O)([O-])O. The summed E-state index contributed by atoms with van der Waals surface area (Å²) in [5, 5.41) is 0. The zero-order valence-electron chi connectivity index (χ0n) is 72.8. The monoisotopic (exact) mass is 1570 g/mol. The van der Waals surface area contributed by atoms with Crippen LogP contribution in [0.2, 0.25) is 0 Å². The van der Waals surface area contributed by atoms with Crippen LogP contribution in [0.4, 0.5) is 0 Å². The van der Waals surface area contributed by atoms with Gasteiger partial charge in [-0.15, -0.1) is 0 Å². The molecule has 0 saturated heterocycles. The second kappa shape index (κ2) is 92.3. The van der Waals surface area contributed by atoms with Crippen molar-refractivity contribution in [3.8, 4) is 0 Å². The van der Waals surface area contributed by atoms with Gasteiger partial charge in [-0.1, -0.05) is 340 Å². The van der Waals surface area contributed by atoms with Crippen LogP contribution in [0.15, 0.2) is 0 Å². The molecule has 0 radical (unpaired) electrons. The first-order valence-corrected chi connectivity index (χ1v) is 49.5. The molecule has 0 aliphatic rings. The Balaban J connectivity index is -0.000000236. The Labute approximate surface area is 659 Å². The zero-order chi connectivity index (χ0) is 80.6. The zero-order valence-corrected chi connectivity index (χ0v) is 75.2. The van der Waals surface area contributed by atoms with E-state index in [2.05, 4.69) is 90.0 Å². The summed E-state index contributed by atoms with van der Waals surface area (Å²) in [6.07, 6.45) is 85.6. The maximum Gasteiger partial charge on any atom is 0.215 e. The van der Waals surface area contributed by atoms with Gasteiger partial charge in [0.25, 0.3) is 0 Å². The van der Waals surface area contributed by atoms with E-state index in [4.69, 9.17) is 58.3 Å². The van der Waals surface area contributed by atoms with Gasteiger partial charge in [0.15, 0.2) is 0 Å². The quantitative estimate of drug-likeness (QED) is 0.0191. The highest BCUT2D eigenvalue weighted by Gasteiger charge is 2.28. The van der Waals surface area contributed by atoms with Gasteiger partial charge in [-0.3, -0.25) is 13.7 Å². The lowest BCUT2D eigenvalue weighted by molar-refractivity contribution is -0.929. The maximum atomic E-state index is 8.63. The van der Waals surface area contributed by atoms with Crippen molar-refractivity contribution in [1.29, 1.82) is 0 Å². The second-order valence-corrected chi connectivity index (χ2v) is 34.0. The van der Waals surface area contributed by atoms with Crippen LogP contribution < -0.4 is 5.73 Å². The molecule has 0 aliphatic heterocycles. The van der Waals surface area contributed by atoms with E-state index in [0.29, 0.717) is 0 Å². The van der Waals surface area contributed by atoms with E-state index >= 15 is 0 Å². The largest absolute Gasteiger partial charge is 0.726 e. The smallest absolute Gasteiger partial charge is 0.215 e. The van der Waals surface area contributed by atoms with Crippen molar-refractivity contribution in [3.05, 3.63) is 0 Å². The molecule has 19 heteroatoms. The standard InChI is InChI=1S/C32H68N.C24H52N.C16H36N.C14H31N.3H2O4S/c1-5-9-13-17-21-25-29-33(30-26-22-18-14-10-6-2,31-27-23-19-15-11-7-3)32-28-24-20-16-12-8-4;1-5-9-13-17-21-25(22-18-14-10-6-2,23-19-15-11-7-3)24-20-16-12-8-4;1-5-9-13-17(14-10-6-2,15-11-7-3)16-12-8-4;1-2-3-4-5-6-7-8-9-10-11-12-13-14-15;3*1-5(2,3)4/h5-32H2,1-4H3;5-24H2,1-4H3;5-16H2,1-4H3;2-15H2,1H3;3*(H2,1,2,3,4)/q3*+1;;;;/p-3. The number of unbranched alkanes of at least 4 members (excludes halogenated alkanes) is 47. The van der Waals surface area contributed by atoms with Gasteiger partial charge in [-0.05, 0) is 141 Å². The predicted octanol–water partition coefficient (Wildman–Crippen LogP) is 26.0. The highest BCUT2D eigenvalue weighted by Crippen LogP contribution is 2.24. The van der Waals surface area contributed by atoms with E-state index in [9.17, 15) is 0 Å². The number of hydrogen-bond donors (Lipinski definition) is 4. The summed E-state index contributed by atoms with van der Waals surface area (Å²) in [6, 6.07) is 0. The van der Waals surface area contributed by atoms with Crippen LogP contribution in [0.25, 0.3) is 0 Å². The van der Waals surface area contributed by atoms with Crippen LogP contribution in [0, 0.1) is 0 Å².